The Kier molecular flexibility index (Phi) is 4.11. The monoisotopic (exact) mass is 319 g/mol. The third-order valence-electron chi connectivity index (χ3n) is 5.69. The first-order valence-corrected chi connectivity index (χ1v) is 8.95. The van der Waals surface area contributed by atoms with Gasteiger partial charge in [-0.15, -0.1) is 0 Å². The van der Waals surface area contributed by atoms with Gasteiger partial charge in [0.2, 0.25) is 0 Å². The van der Waals surface area contributed by atoms with Crippen molar-refractivity contribution >= 4 is 0 Å². The number of morpholine rings is 1. The van der Waals surface area contributed by atoms with Crippen LogP contribution in [-0.2, 0) is 11.2 Å². The summed E-state index contributed by atoms with van der Waals surface area (Å²) in [5.74, 6) is 0. The quantitative estimate of drug-likeness (QED) is 0.894. The van der Waals surface area contributed by atoms with Crippen LogP contribution in [0.15, 0.2) is 9.59 Å². The molecule has 0 unspecified atom stereocenters. The van der Waals surface area contributed by atoms with Gasteiger partial charge in [0.15, 0.2) is 0 Å². The van der Waals surface area contributed by atoms with E-state index < -0.39 is 0 Å². The number of hydrogen-bond donors (Lipinski definition) is 1. The normalized spacial score (nSPS) is 26.3. The van der Waals surface area contributed by atoms with Crippen molar-refractivity contribution in [3.8, 4) is 0 Å². The average Bonchev–Trinajstić information content (AvgIpc) is 3.00. The smallest absolute Gasteiger partial charge is 0.328 e. The molecule has 6 heteroatoms. The Hall–Kier alpha value is -1.40. The lowest BCUT2D eigenvalue weighted by molar-refractivity contribution is 0.0156. The second kappa shape index (κ2) is 6.24. The molecule has 0 spiro atoms. The zero-order valence-corrected chi connectivity index (χ0v) is 13.6. The molecular formula is C17H25N3O3. The van der Waals surface area contributed by atoms with Gasteiger partial charge in [-0.05, 0) is 25.7 Å². The predicted octanol–water partition coefficient (Wildman–Crippen LogP) is 1.36. The Morgan fingerprint density at radius 1 is 1.00 bits per heavy atom. The third kappa shape index (κ3) is 2.68. The van der Waals surface area contributed by atoms with Crippen molar-refractivity contribution in [2.24, 2.45) is 0 Å². The van der Waals surface area contributed by atoms with Gasteiger partial charge in [0, 0.05) is 30.4 Å². The van der Waals surface area contributed by atoms with Gasteiger partial charge in [0.25, 0.3) is 5.56 Å². The van der Waals surface area contributed by atoms with E-state index in [1.807, 2.05) is 0 Å². The maximum atomic E-state index is 12.9. The number of H-pyrrole nitrogens is 1. The van der Waals surface area contributed by atoms with Gasteiger partial charge >= 0.3 is 5.69 Å². The first-order valence-electron chi connectivity index (χ1n) is 8.95. The van der Waals surface area contributed by atoms with Crippen molar-refractivity contribution in [3.63, 3.8) is 0 Å². The lowest BCUT2D eigenvalue weighted by atomic mass is 9.95. The summed E-state index contributed by atoms with van der Waals surface area (Å²) >= 11 is 0. The summed E-state index contributed by atoms with van der Waals surface area (Å²) in [5.41, 5.74) is 1.47. The van der Waals surface area contributed by atoms with E-state index in [0.717, 1.165) is 76.1 Å². The van der Waals surface area contributed by atoms with Gasteiger partial charge in [0.05, 0.1) is 19.3 Å². The van der Waals surface area contributed by atoms with E-state index in [1.54, 1.807) is 0 Å². The largest absolute Gasteiger partial charge is 0.379 e. The minimum atomic E-state index is -0.208. The zero-order chi connectivity index (χ0) is 15.8. The fourth-order valence-electron chi connectivity index (χ4n) is 4.48. The number of aromatic amines is 1. The van der Waals surface area contributed by atoms with Crippen LogP contribution in [0.2, 0.25) is 0 Å². The van der Waals surface area contributed by atoms with Crippen LogP contribution in [0, 0.1) is 0 Å². The Labute approximate surface area is 135 Å². The lowest BCUT2D eigenvalue weighted by Crippen LogP contribution is -2.43. The van der Waals surface area contributed by atoms with E-state index in [0.29, 0.717) is 0 Å². The summed E-state index contributed by atoms with van der Waals surface area (Å²) in [6.45, 7) is 3.21. The van der Waals surface area contributed by atoms with Gasteiger partial charge < -0.3 is 9.72 Å². The van der Waals surface area contributed by atoms with E-state index in [-0.39, 0.29) is 23.3 Å². The highest BCUT2D eigenvalue weighted by atomic mass is 16.5. The first-order chi connectivity index (χ1) is 11.3. The van der Waals surface area contributed by atoms with Crippen LogP contribution >= 0.6 is 0 Å². The van der Waals surface area contributed by atoms with Gasteiger partial charge in [-0.2, -0.15) is 0 Å². The van der Waals surface area contributed by atoms with Crippen molar-refractivity contribution in [2.75, 3.05) is 26.3 Å². The molecule has 2 heterocycles. The molecule has 126 valence electrons. The van der Waals surface area contributed by atoms with Crippen LogP contribution < -0.4 is 11.2 Å². The molecule has 0 bridgehead atoms. The van der Waals surface area contributed by atoms with Crippen molar-refractivity contribution in [1.82, 2.24) is 14.5 Å². The second-order valence-electron chi connectivity index (χ2n) is 6.99. The van der Waals surface area contributed by atoms with Crippen LogP contribution in [0.1, 0.15) is 61.9 Å². The number of aromatic nitrogens is 2. The van der Waals surface area contributed by atoms with Gasteiger partial charge in [-0.1, -0.05) is 19.3 Å². The molecule has 0 amide bonds. The lowest BCUT2D eigenvalue weighted by Gasteiger charge is -2.32. The Morgan fingerprint density at radius 2 is 1.74 bits per heavy atom. The van der Waals surface area contributed by atoms with Crippen LogP contribution in [0.5, 0.6) is 0 Å². The highest BCUT2D eigenvalue weighted by Crippen LogP contribution is 2.33. The van der Waals surface area contributed by atoms with Gasteiger partial charge in [-0.3, -0.25) is 14.3 Å². The molecule has 2 aliphatic carbocycles. The van der Waals surface area contributed by atoms with Crippen molar-refractivity contribution in [2.45, 2.75) is 57.0 Å². The Morgan fingerprint density at radius 3 is 2.48 bits per heavy atom. The molecular weight excluding hydrogens is 294 g/mol. The SMILES string of the molecule is O=c1[nH]c2c(c(=O)n1C1CCCCC1)CC[C@@H]2N1CCOCC1. The van der Waals surface area contributed by atoms with E-state index in [4.69, 9.17) is 4.74 Å². The molecule has 1 aromatic heterocycles. The van der Waals surface area contributed by atoms with Crippen molar-refractivity contribution in [1.29, 1.82) is 0 Å². The van der Waals surface area contributed by atoms with E-state index in [2.05, 4.69) is 9.88 Å². The number of nitrogens with zero attached hydrogens (tertiary/aromatic N) is 2. The number of ether oxygens (including phenoxy) is 1. The van der Waals surface area contributed by atoms with Crippen molar-refractivity contribution < 1.29 is 4.74 Å². The fraction of sp³-hybridized carbons (Fsp3) is 0.765. The molecule has 2 fully saturated rings. The van der Waals surface area contributed by atoms with Crippen LogP contribution in [0.3, 0.4) is 0 Å². The number of rotatable bonds is 2. The minimum absolute atomic E-state index is 0.0357. The first kappa shape index (κ1) is 15.1. The predicted molar refractivity (Wildman–Crippen MR) is 86.9 cm³/mol. The maximum Gasteiger partial charge on any atom is 0.328 e. The molecule has 1 aliphatic heterocycles. The van der Waals surface area contributed by atoms with Crippen LogP contribution in [0.4, 0.5) is 0 Å². The zero-order valence-electron chi connectivity index (χ0n) is 13.6. The third-order valence-corrected chi connectivity index (χ3v) is 5.69. The second-order valence-corrected chi connectivity index (χ2v) is 6.99. The molecule has 4 rings (SSSR count). The summed E-state index contributed by atoms with van der Waals surface area (Å²) < 4.78 is 6.93. The highest BCUT2D eigenvalue weighted by Gasteiger charge is 2.33. The summed E-state index contributed by atoms with van der Waals surface area (Å²) in [5, 5.41) is 0. The molecule has 1 N–H and O–H groups in total. The standard InChI is InChI=1S/C17H25N3O3/c21-16-13-6-7-14(19-8-10-23-11-9-19)15(13)18-17(22)20(16)12-4-2-1-3-5-12/h12,14H,1-11H2,(H,18,22)/t14-/m0/s1. The van der Waals surface area contributed by atoms with E-state index >= 15 is 0 Å². The van der Waals surface area contributed by atoms with Crippen molar-refractivity contribution in [3.05, 3.63) is 32.1 Å². The van der Waals surface area contributed by atoms with Gasteiger partial charge in [0.1, 0.15) is 0 Å². The minimum Gasteiger partial charge on any atom is -0.379 e. The molecule has 3 aliphatic rings. The van der Waals surface area contributed by atoms with Crippen LogP contribution in [0.25, 0.3) is 0 Å². The molecule has 6 nitrogen and oxygen atoms in total. The Bertz CT molecular complexity index is 681. The average molecular weight is 319 g/mol. The summed E-state index contributed by atoms with van der Waals surface area (Å²) in [7, 11) is 0. The summed E-state index contributed by atoms with van der Waals surface area (Å²) in [4.78, 5) is 30.9. The molecule has 0 aromatic carbocycles. The van der Waals surface area contributed by atoms with E-state index in [9.17, 15) is 9.59 Å². The van der Waals surface area contributed by atoms with Gasteiger partial charge in [-0.25, -0.2) is 4.79 Å². The topological polar surface area (TPSA) is 67.3 Å². The fourth-order valence-corrected chi connectivity index (χ4v) is 4.48. The number of nitrogens with one attached hydrogen (secondary N) is 1. The molecule has 1 aromatic rings. The molecule has 0 radical (unpaired) electrons. The summed E-state index contributed by atoms with van der Waals surface area (Å²) in [6.07, 6.45) is 7.06. The number of fused-ring (bicyclic) bond motifs is 1. The van der Waals surface area contributed by atoms with Crippen LogP contribution in [-0.4, -0.2) is 40.8 Å². The molecule has 23 heavy (non-hydrogen) atoms. The molecule has 1 saturated heterocycles. The molecule has 1 atom stereocenters. The summed E-state index contributed by atoms with van der Waals surface area (Å²) in [6, 6.07) is 0.267. The Balaban J connectivity index is 1.69. The molecule has 1 saturated carbocycles. The number of hydrogen-bond acceptors (Lipinski definition) is 4. The highest BCUT2D eigenvalue weighted by molar-refractivity contribution is 5.26. The van der Waals surface area contributed by atoms with E-state index in [1.165, 1.54) is 11.0 Å². The maximum absolute atomic E-state index is 12.9.